The second-order valence-corrected chi connectivity index (χ2v) is 14.2. The summed E-state index contributed by atoms with van der Waals surface area (Å²) in [6.45, 7) is 0. The minimum atomic E-state index is -0.475. The Morgan fingerprint density at radius 1 is 0.273 bits per heavy atom. The van der Waals surface area contributed by atoms with E-state index >= 15 is 0 Å². The number of rotatable bonds is 7. The molecule has 10 rings (SSSR count). The molecule has 1 heteroatoms. The number of hydrogen-bond donors (Lipinski definition) is 0. The molecule has 8 aromatic carbocycles. The van der Waals surface area contributed by atoms with Gasteiger partial charge in [0.15, 0.2) is 0 Å². The van der Waals surface area contributed by atoms with E-state index in [0.29, 0.717) is 0 Å². The zero-order valence-electron chi connectivity index (χ0n) is 30.3. The standard InChI is InChI=1S/C54H37N/c1-6-19-38(20-7-1)50-36-43(37-51(55-50)39-21-8-2-9-22-39)41-25-18-26-42(35-41)46-33-34-49-53(52(46)40-23-10-3-11-24-40)47-31-16-17-32-48(47)54(49,44-27-12-4-13-28-44)45-29-14-5-15-30-45/h1-37H. The van der Waals surface area contributed by atoms with E-state index in [1.54, 1.807) is 0 Å². The average molecular weight is 700 g/mol. The van der Waals surface area contributed by atoms with Gasteiger partial charge in [-0.25, -0.2) is 4.98 Å². The van der Waals surface area contributed by atoms with Gasteiger partial charge >= 0.3 is 0 Å². The predicted molar refractivity (Wildman–Crippen MR) is 229 cm³/mol. The number of hydrogen-bond acceptors (Lipinski definition) is 1. The first-order chi connectivity index (χ1) is 27.3. The molecule has 1 aliphatic carbocycles. The van der Waals surface area contributed by atoms with Gasteiger partial charge in [-0.15, -0.1) is 0 Å². The first-order valence-electron chi connectivity index (χ1n) is 19.0. The van der Waals surface area contributed by atoms with Crippen LogP contribution in [-0.2, 0) is 5.41 Å². The van der Waals surface area contributed by atoms with E-state index in [1.807, 2.05) is 0 Å². The molecule has 0 bridgehead atoms. The van der Waals surface area contributed by atoms with Crippen molar-refractivity contribution in [1.29, 1.82) is 0 Å². The molecule has 1 aromatic heterocycles. The summed E-state index contributed by atoms with van der Waals surface area (Å²) in [6, 6.07) is 81.3. The highest BCUT2D eigenvalue weighted by atomic mass is 14.7. The number of pyridine rings is 1. The lowest BCUT2D eigenvalue weighted by Crippen LogP contribution is -2.28. The quantitative estimate of drug-likeness (QED) is 0.161. The summed E-state index contributed by atoms with van der Waals surface area (Å²) in [7, 11) is 0. The Labute approximate surface area is 322 Å². The van der Waals surface area contributed by atoms with Crippen LogP contribution in [0.1, 0.15) is 22.3 Å². The summed E-state index contributed by atoms with van der Waals surface area (Å²) >= 11 is 0. The third-order valence-electron chi connectivity index (χ3n) is 11.2. The molecule has 0 unspecified atom stereocenters. The van der Waals surface area contributed by atoms with Crippen LogP contribution in [-0.4, -0.2) is 4.98 Å². The lowest BCUT2D eigenvalue weighted by atomic mass is 9.67. The molecule has 258 valence electrons. The topological polar surface area (TPSA) is 12.9 Å². The van der Waals surface area contributed by atoms with Crippen LogP contribution in [0.3, 0.4) is 0 Å². The Kier molecular flexibility index (Phi) is 8.12. The maximum Gasteiger partial charge on any atom is 0.0715 e. The largest absolute Gasteiger partial charge is 0.248 e. The molecule has 0 atom stereocenters. The van der Waals surface area contributed by atoms with E-state index in [4.69, 9.17) is 4.98 Å². The van der Waals surface area contributed by atoms with Crippen LogP contribution in [0, 0.1) is 0 Å². The highest BCUT2D eigenvalue weighted by Crippen LogP contribution is 2.59. The van der Waals surface area contributed by atoms with Crippen molar-refractivity contribution >= 4 is 0 Å². The number of nitrogens with zero attached hydrogens (tertiary/aromatic N) is 1. The van der Waals surface area contributed by atoms with Gasteiger partial charge in [0.25, 0.3) is 0 Å². The Balaban J connectivity index is 1.22. The molecule has 1 heterocycles. The third kappa shape index (κ3) is 5.52. The maximum absolute atomic E-state index is 5.16. The summed E-state index contributed by atoms with van der Waals surface area (Å²) in [4.78, 5) is 5.16. The first-order valence-corrected chi connectivity index (χ1v) is 19.0. The van der Waals surface area contributed by atoms with E-state index in [1.165, 1.54) is 55.6 Å². The van der Waals surface area contributed by atoms with Crippen LogP contribution in [0.25, 0.3) is 67.0 Å². The van der Waals surface area contributed by atoms with E-state index in [9.17, 15) is 0 Å². The highest BCUT2D eigenvalue weighted by molar-refractivity contribution is 6.02. The normalized spacial score (nSPS) is 12.5. The van der Waals surface area contributed by atoms with Crippen LogP contribution in [0.15, 0.2) is 224 Å². The second kappa shape index (κ2) is 13.7. The van der Waals surface area contributed by atoms with Crippen LogP contribution < -0.4 is 0 Å². The fourth-order valence-electron chi connectivity index (χ4n) is 8.76. The lowest BCUT2D eigenvalue weighted by Gasteiger charge is -2.34. The van der Waals surface area contributed by atoms with E-state index in [-0.39, 0.29) is 0 Å². The van der Waals surface area contributed by atoms with Gasteiger partial charge in [-0.3, -0.25) is 0 Å². The molecule has 0 radical (unpaired) electrons. The average Bonchev–Trinajstić information content (AvgIpc) is 3.58. The monoisotopic (exact) mass is 699 g/mol. The van der Waals surface area contributed by atoms with Crippen molar-refractivity contribution in [2.24, 2.45) is 0 Å². The third-order valence-corrected chi connectivity index (χ3v) is 11.2. The Bertz CT molecular complexity index is 2680. The van der Waals surface area contributed by atoms with Crippen LogP contribution in [0.4, 0.5) is 0 Å². The molecular weight excluding hydrogens is 663 g/mol. The summed E-state index contributed by atoms with van der Waals surface area (Å²) in [6.07, 6.45) is 0. The minimum Gasteiger partial charge on any atom is -0.248 e. The van der Waals surface area contributed by atoms with Crippen molar-refractivity contribution in [2.75, 3.05) is 0 Å². The first kappa shape index (κ1) is 32.6. The summed E-state index contributed by atoms with van der Waals surface area (Å²) in [5.41, 5.74) is 18.5. The predicted octanol–water partition coefficient (Wildman–Crippen LogP) is 13.8. The van der Waals surface area contributed by atoms with Gasteiger partial charge < -0.3 is 0 Å². The van der Waals surface area contributed by atoms with Crippen LogP contribution in [0.5, 0.6) is 0 Å². The molecule has 0 N–H and O–H groups in total. The molecule has 0 aliphatic heterocycles. The van der Waals surface area contributed by atoms with Gasteiger partial charge in [0.05, 0.1) is 16.8 Å². The zero-order valence-corrected chi connectivity index (χ0v) is 30.3. The van der Waals surface area contributed by atoms with Crippen molar-refractivity contribution in [1.82, 2.24) is 4.98 Å². The van der Waals surface area contributed by atoms with Crippen molar-refractivity contribution in [3.8, 4) is 67.0 Å². The fraction of sp³-hybridized carbons (Fsp3) is 0.0185. The van der Waals surface area contributed by atoms with Gasteiger partial charge in [-0.05, 0) is 85.0 Å². The zero-order chi connectivity index (χ0) is 36.6. The van der Waals surface area contributed by atoms with Crippen LogP contribution in [0.2, 0.25) is 0 Å². The summed E-state index contributed by atoms with van der Waals surface area (Å²) in [5, 5.41) is 0. The molecule has 0 saturated carbocycles. The Morgan fingerprint density at radius 3 is 1.33 bits per heavy atom. The lowest BCUT2D eigenvalue weighted by molar-refractivity contribution is 0.768. The molecule has 0 saturated heterocycles. The highest BCUT2D eigenvalue weighted by Gasteiger charge is 2.47. The Morgan fingerprint density at radius 2 is 0.745 bits per heavy atom. The van der Waals surface area contributed by atoms with E-state index < -0.39 is 5.41 Å². The van der Waals surface area contributed by atoms with E-state index in [0.717, 1.165) is 33.6 Å². The molecule has 9 aromatic rings. The summed E-state index contributed by atoms with van der Waals surface area (Å²) in [5.74, 6) is 0. The second-order valence-electron chi connectivity index (χ2n) is 14.2. The Hall–Kier alpha value is -7.09. The molecule has 1 aliphatic rings. The molecule has 55 heavy (non-hydrogen) atoms. The number of benzene rings is 8. The number of aromatic nitrogens is 1. The number of fused-ring (bicyclic) bond motifs is 3. The van der Waals surface area contributed by atoms with Gasteiger partial charge in [-0.1, -0.05) is 206 Å². The molecule has 0 fully saturated rings. The maximum atomic E-state index is 5.16. The van der Waals surface area contributed by atoms with Crippen molar-refractivity contribution in [3.05, 3.63) is 247 Å². The molecule has 0 spiro atoms. The van der Waals surface area contributed by atoms with Crippen LogP contribution >= 0.6 is 0 Å². The molecule has 0 amide bonds. The minimum absolute atomic E-state index is 0.475. The van der Waals surface area contributed by atoms with E-state index in [2.05, 4.69) is 224 Å². The van der Waals surface area contributed by atoms with Crippen molar-refractivity contribution in [3.63, 3.8) is 0 Å². The van der Waals surface area contributed by atoms with Crippen molar-refractivity contribution < 1.29 is 0 Å². The fourth-order valence-corrected chi connectivity index (χ4v) is 8.76. The SMILES string of the molecule is c1ccc(-c2cc(-c3cccc(-c4ccc5c(c4-c4ccccc4)-c4ccccc4C5(c4ccccc4)c4ccccc4)c3)cc(-c3ccccc3)n2)cc1. The molecular formula is C54H37N. The van der Waals surface area contributed by atoms with Gasteiger partial charge in [0, 0.05) is 11.1 Å². The molecule has 1 nitrogen and oxygen atoms in total. The van der Waals surface area contributed by atoms with Gasteiger partial charge in [0.1, 0.15) is 0 Å². The summed E-state index contributed by atoms with van der Waals surface area (Å²) < 4.78 is 0. The smallest absolute Gasteiger partial charge is 0.0715 e. The van der Waals surface area contributed by atoms with Crippen molar-refractivity contribution in [2.45, 2.75) is 5.41 Å². The van der Waals surface area contributed by atoms with Gasteiger partial charge in [0.2, 0.25) is 0 Å². The van der Waals surface area contributed by atoms with Gasteiger partial charge in [-0.2, -0.15) is 0 Å².